The van der Waals surface area contributed by atoms with Gasteiger partial charge in [-0.15, -0.1) is 0 Å². The van der Waals surface area contributed by atoms with Gasteiger partial charge in [0.25, 0.3) is 5.91 Å². The van der Waals surface area contributed by atoms with Gasteiger partial charge in [0.05, 0.1) is 18.4 Å². The van der Waals surface area contributed by atoms with Gasteiger partial charge in [-0.05, 0) is 6.92 Å². The molecule has 9 heteroatoms. The van der Waals surface area contributed by atoms with E-state index >= 15 is 0 Å². The number of hydrogen-bond acceptors (Lipinski definition) is 4. The third-order valence-corrected chi connectivity index (χ3v) is 4.63. The Kier molecular flexibility index (Phi) is 4.08. The smallest absolute Gasteiger partial charge is 0.272 e. The average Bonchev–Trinajstić information content (AvgIpc) is 3.19. The molecule has 0 unspecified atom stereocenters. The summed E-state index contributed by atoms with van der Waals surface area (Å²) in [5, 5.41) is 12.7. The van der Waals surface area contributed by atoms with E-state index in [0.29, 0.717) is 6.42 Å². The fourth-order valence-electron chi connectivity index (χ4n) is 3.15. The lowest BCUT2D eigenvalue weighted by Crippen LogP contribution is -2.33. The van der Waals surface area contributed by atoms with Gasteiger partial charge in [-0.2, -0.15) is 10.2 Å². The Morgan fingerprint density at radius 1 is 1.46 bits per heavy atom. The molecule has 2 amide bonds. The van der Waals surface area contributed by atoms with Gasteiger partial charge < -0.3 is 10.2 Å². The molecule has 2 aromatic heterocycles. The number of amides is 2. The van der Waals surface area contributed by atoms with Crippen LogP contribution in [-0.2, 0) is 11.8 Å². The maximum absolute atomic E-state index is 13.4. The maximum atomic E-state index is 13.4. The predicted molar refractivity (Wildman–Crippen MR) is 82.4 cm³/mol. The Morgan fingerprint density at radius 2 is 2.21 bits per heavy atom. The fraction of sp³-hybridized carbons (Fsp3) is 0.467. The quantitative estimate of drug-likeness (QED) is 0.853. The number of carbonyl (C=O) groups excluding carboxylic acids is 2. The van der Waals surface area contributed by atoms with Crippen molar-refractivity contribution in [2.75, 3.05) is 13.6 Å². The lowest BCUT2D eigenvalue weighted by molar-refractivity contribution is -0.127. The SMILES string of the molecule is Cc1c([C@@H]2[C@@H](CNC(=O)c3[nH]ncc3F)CC(=O)N2C)cnn1C. The Balaban J connectivity index is 1.76. The first kappa shape index (κ1) is 16.2. The Hall–Kier alpha value is -2.71. The minimum absolute atomic E-state index is 0.00947. The van der Waals surface area contributed by atoms with Gasteiger partial charge >= 0.3 is 0 Å². The molecule has 8 nitrogen and oxygen atoms in total. The van der Waals surface area contributed by atoms with E-state index in [1.165, 1.54) is 0 Å². The molecular weight excluding hydrogens is 315 g/mol. The molecule has 0 aliphatic carbocycles. The Labute approximate surface area is 138 Å². The van der Waals surface area contributed by atoms with Gasteiger partial charge in [-0.25, -0.2) is 4.39 Å². The van der Waals surface area contributed by atoms with Gasteiger partial charge in [-0.1, -0.05) is 0 Å². The second-order valence-corrected chi connectivity index (χ2v) is 6.03. The van der Waals surface area contributed by atoms with Crippen LogP contribution in [0.25, 0.3) is 0 Å². The second-order valence-electron chi connectivity index (χ2n) is 6.03. The highest BCUT2D eigenvalue weighted by Gasteiger charge is 2.40. The maximum Gasteiger partial charge on any atom is 0.272 e. The Bertz CT molecular complexity index is 783. The molecule has 1 aliphatic heterocycles. The van der Waals surface area contributed by atoms with Gasteiger partial charge in [0.1, 0.15) is 0 Å². The van der Waals surface area contributed by atoms with Gasteiger partial charge in [0, 0.05) is 44.2 Å². The summed E-state index contributed by atoms with van der Waals surface area (Å²) in [6.07, 6.45) is 3.02. The zero-order valence-electron chi connectivity index (χ0n) is 13.7. The van der Waals surface area contributed by atoms with Crippen molar-refractivity contribution < 1.29 is 14.0 Å². The molecule has 128 valence electrons. The first-order valence-electron chi connectivity index (χ1n) is 7.61. The van der Waals surface area contributed by atoms with Crippen LogP contribution in [0.4, 0.5) is 4.39 Å². The van der Waals surface area contributed by atoms with E-state index in [1.807, 2.05) is 14.0 Å². The number of nitrogens with zero attached hydrogens (tertiary/aromatic N) is 4. The van der Waals surface area contributed by atoms with E-state index in [1.54, 1.807) is 22.8 Å². The van der Waals surface area contributed by atoms with Crippen molar-refractivity contribution in [3.63, 3.8) is 0 Å². The molecule has 0 spiro atoms. The number of aryl methyl sites for hydroxylation is 1. The molecule has 2 atom stereocenters. The highest BCUT2D eigenvalue weighted by atomic mass is 19.1. The van der Waals surface area contributed by atoms with E-state index in [-0.39, 0.29) is 30.1 Å². The summed E-state index contributed by atoms with van der Waals surface area (Å²) >= 11 is 0. The number of carbonyl (C=O) groups is 2. The van der Waals surface area contributed by atoms with Crippen molar-refractivity contribution >= 4 is 11.8 Å². The summed E-state index contributed by atoms with van der Waals surface area (Å²) in [5.41, 5.74) is 1.72. The van der Waals surface area contributed by atoms with Gasteiger partial charge in [0.15, 0.2) is 11.5 Å². The predicted octanol–water partition coefficient (Wildman–Crippen LogP) is 0.540. The molecule has 24 heavy (non-hydrogen) atoms. The van der Waals surface area contributed by atoms with Crippen molar-refractivity contribution in [3.8, 4) is 0 Å². The summed E-state index contributed by atoms with van der Waals surface area (Å²) in [4.78, 5) is 25.8. The van der Waals surface area contributed by atoms with Crippen LogP contribution in [0.2, 0.25) is 0 Å². The van der Waals surface area contributed by atoms with Crippen LogP contribution < -0.4 is 5.32 Å². The molecule has 2 N–H and O–H groups in total. The Morgan fingerprint density at radius 3 is 2.79 bits per heavy atom. The molecule has 3 rings (SSSR count). The van der Waals surface area contributed by atoms with Crippen molar-refractivity contribution in [1.29, 1.82) is 0 Å². The second kappa shape index (κ2) is 6.06. The number of hydrogen-bond donors (Lipinski definition) is 2. The number of aromatic nitrogens is 4. The fourth-order valence-corrected chi connectivity index (χ4v) is 3.15. The highest BCUT2D eigenvalue weighted by Crippen LogP contribution is 2.37. The number of nitrogens with one attached hydrogen (secondary N) is 2. The molecule has 0 aromatic carbocycles. The summed E-state index contributed by atoms with van der Waals surface area (Å²) in [6, 6.07) is -0.168. The molecular formula is C15H19FN6O2. The standard InChI is InChI=1S/C15H19FN6O2/c1-8-10(6-19-22(8)3)14-9(4-12(23)21(14)2)5-17-15(24)13-11(16)7-18-20-13/h6-7,9,14H,4-5H2,1-3H3,(H,17,24)(H,18,20)/t9-,14+/m1/s1. The van der Waals surface area contributed by atoms with Crippen molar-refractivity contribution in [2.45, 2.75) is 19.4 Å². The summed E-state index contributed by atoms with van der Waals surface area (Å²) in [5.74, 6) is -1.38. The molecule has 0 saturated carbocycles. The minimum atomic E-state index is -0.702. The summed E-state index contributed by atoms with van der Waals surface area (Å²) < 4.78 is 15.1. The minimum Gasteiger partial charge on any atom is -0.350 e. The first-order valence-corrected chi connectivity index (χ1v) is 7.61. The molecule has 0 radical (unpaired) electrons. The zero-order chi connectivity index (χ0) is 17.4. The molecule has 1 aliphatic rings. The van der Waals surface area contributed by atoms with E-state index < -0.39 is 11.7 Å². The normalized spacial score (nSPS) is 20.7. The number of likely N-dealkylation sites (tertiary alicyclic amines) is 1. The van der Waals surface area contributed by atoms with Gasteiger partial charge in [-0.3, -0.25) is 19.4 Å². The van der Waals surface area contributed by atoms with Crippen molar-refractivity contribution in [2.24, 2.45) is 13.0 Å². The molecule has 0 bridgehead atoms. The number of rotatable bonds is 4. The third-order valence-electron chi connectivity index (χ3n) is 4.63. The largest absolute Gasteiger partial charge is 0.350 e. The molecule has 3 heterocycles. The summed E-state index contributed by atoms with van der Waals surface area (Å²) in [6.45, 7) is 2.20. The topological polar surface area (TPSA) is 95.9 Å². The monoisotopic (exact) mass is 334 g/mol. The summed E-state index contributed by atoms with van der Waals surface area (Å²) in [7, 11) is 3.59. The van der Waals surface area contributed by atoms with Crippen LogP contribution in [0.15, 0.2) is 12.4 Å². The van der Waals surface area contributed by atoms with Crippen molar-refractivity contribution in [1.82, 2.24) is 30.2 Å². The van der Waals surface area contributed by atoms with E-state index in [9.17, 15) is 14.0 Å². The first-order chi connectivity index (χ1) is 11.4. The highest BCUT2D eigenvalue weighted by molar-refractivity contribution is 5.92. The lowest BCUT2D eigenvalue weighted by Gasteiger charge is -2.25. The van der Waals surface area contributed by atoms with Crippen LogP contribution in [0, 0.1) is 18.7 Å². The van der Waals surface area contributed by atoms with Crippen LogP contribution in [0.5, 0.6) is 0 Å². The third kappa shape index (κ3) is 2.66. The molecule has 2 aromatic rings. The van der Waals surface area contributed by atoms with E-state index in [0.717, 1.165) is 17.5 Å². The lowest BCUT2D eigenvalue weighted by atomic mass is 9.94. The van der Waals surface area contributed by atoms with Crippen LogP contribution >= 0.6 is 0 Å². The van der Waals surface area contributed by atoms with Crippen LogP contribution in [0.1, 0.15) is 34.2 Å². The zero-order valence-corrected chi connectivity index (χ0v) is 13.7. The van der Waals surface area contributed by atoms with E-state index in [2.05, 4.69) is 20.6 Å². The molecule has 1 saturated heterocycles. The number of aromatic amines is 1. The van der Waals surface area contributed by atoms with E-state index in [4.69, 9.17) is 0 Å². The number of H-pyrrole nitrogens is 1. The van der Waals surface area contributed by atoms with Crippen LogP contribution in [0.3, 0.4) is 0 Å². The van der Waals surface area contributed by atoms with Gasteiger partial charge in [0.2, 0.25) is 5.91 Å². The molecule has 1 fully saturated rings. The van der Waals surface area contributed by atoms with Crippen molar-refractivity contribution in [3.05, 3.63) is 35.2 Å². The number of halogens is 1. The average molecular weight is 334 g/mol. The van der Waals surface area contributed by atoms with Crippen LogP contribution in [-0.4, -0.2) is 50.3 Å².